The van der Waals surface area contributed by atoms with Crippen molar-refractivity contribution in [2.45, 2.75) is 31.2 Å². The minimum Gasteiger partial charge on any atom is -0.394 e. The van der Waals surface area contributed by atoms with Gasteiger partial charge >= 0.3 is 0 Å². The summed E-state index contributed by atoms with van der Waals surface area (Å²) >= 11 is 0. The molecule has 4 heteroatoms. The Labute approximate surface area is 105 Å². The summed E-state index contributed by atoms with van der Waals surface area (Å²) in [5, 5.41) is 12.9. The van der Waals surface area contributed by atoms with Crippen molar-refractivity contribution in [2.75, 3.05) is 47.5 Å². The largest absolute Gasteiger partial charge is 0.394 e. The molecule has 0 spiro atoms. The summed E-state index contributed by atoms with van der Waals surface area (Å²) in [6, 6.07) is 0. The van der Waals surface area contributed by atoms with Crippen LogP contribution in [0.1, 0.15) is 25.7 Å². The molecule has 0 aliphatic heterocycles. The highest BCUT2D eigenvalue weighted by molar-refractivity contribution is 4.98. The van der Waals surface area contributed by atoms with E-state index in [1.165, 1.54) is 12.8 Å². The Kier molecular flexibility index (Phi) is 6.41. The molecular weight excluding hydrogens is 216 g/mol. The van der Waals surface area contributed by atoms with Crippen molar-refractivity contribution in [1.29, 1.82) is 0 Å². The van der Waals surface area contributed by atoms with E-state index in [0.29, 0.717) is 5.92 Å². The molecule has 1 saturated carbocycles. The van der Waals surface area contributed by atoms with Crippen LogP contribution < -0.4 is 5.32 Å². The molecule has 102 valence electrons. The molecular formula is C13H28N2O2. The number of nitrogens with zero attached hydrogens (tertiary/aromatic N) is 1. The molecule has 0 aromatic rings. The number of hydrogen-bond donors (Lipinski definition) is 2. The summed E-state index contributed by atoms with van der Waals surface area (Å²) in [6.07, 6.45) is 4.72. The van der Waals surface area contributed by atoms with Crippen molar-refractivity contribution in [2.24, 2.45) is 5.92 Å². The van der Waals surface area contributed by atoms with Crippen LogP contribution in [0.4, 0.5) is 0 Å². The monoisotopic (exact) mass is 244 g/mol. The molecule has 0 saturated heterocycles. The predicted octanol–water partition coefficient (Wildman–Crippen LogP) is 0.705. The van der Waals surface area contributed by atoms with Gasteiger partial charge in [-0.2, -0.15) is 0 Å². The molecule has 1 fully saturated rings. The van der Waals surface area contributed by atoms with Crippen LogP contribution >= 0.6 is 0 Å². The van der Waals surface area contributed by atoms with Gasteiger partial charge in [0.2, 0.25) is 0 Å². The molecule has 0 aromatic heterocycles. The second-order valence-electron chi connectivity index (χ2n) is 5.24. The summed E-state index contributed by atoms with van der Waals surface area (Å²) < 4.78 is 5.07. The number of nitrogens with one attached hydrogen (secondary N) is 1. The Morgan fingerprint density at radius 2 is 2.24 bits per heavy atom. The molecule has 1 aliphatic rings. The zero-order valence-corrected chi connectivity index (χ0v) is 11.5. The lowest BCUT2D eigenvalue weighted by atomic mass is 9.85. The molecule has 17 heavy (non-hydrogen) atoms. The molecule has 1 rings (SSSR count). The normalized spacial score (nSPS) is 29.1. The van der Waals surface area contributed by atoms with E-state index >= 15 is 0 Å². The third-order valence-electron chi connectivity index (χ3n) is 4.27. The van der Waals surface area contributed by atoms with Gasteiger partial charge in [-0.05, 0) is 45.8 Å². The maximum Gasteiger partial charge on any atom is 0.0615 e. The van der Waals surface area contributed by atoms with Crippen LogP contribution in [0, 0.1) is 5.92 Å². The number of methoxy groups -OCH3 is 1. The summed E-state index contributed by atoms with van der Waals surface area (Å²) in [6.45, 7) is 3.11. The number of aliphatic hydroxyl groups is 1. The second kappa shape index (κ2) is 7.31. The smallest absolute Gasteiger partial charge is 0.0615 e. The number of rotatable bonds is 8. The van der Waals surface area contributed by atoms with E-state index in [1.54, 1.807) is 7.11 Å². The van der Waals surface area contributed by atoms with E-state index in [1.807, 2.05) is 7.05 Å². The van der Waals surface area contributed by atoms with Crippen LogP contribution in [0.2, 0.25) is 0 Å². The molecule has 0 radical (unpaired) electrons. The van der Waals surface area contributed by atoms with E-state index in [9.17, 15) is 5.11 Å². The highest BCUT2D eigenvalue weighted by Crippen LogP contribution is 2.37. The lowest BCUT2D eigenvalue weighted by Gasteiger charge is -2.34. The lowest BCUT2D eigenvalue weighted by molar-refractivity contribution is 0.114. The lowest BCUT2D eigenvalue weighted by Crippen LogP contribution is -2.50. The van der Waals surface area contributed by atoms with Crippen LogP contribution in [-0.2, 0) is 4.74 Å². The zero-order valence-electron chi connectivity index (χ0n) is 11.5. The van der Waals surface area contributed by atoms with Crippen molar-refractivity contribution >= 4 is 0 Å². The first-order chi connectivity index (χ1) is 8.18. The standard InChI is InChI=1S/C13H28N2O2/c1-14-13(11-16)7-4-5-12(13)6-8-15(2)9-10-17-3/h12,14,16H,4-11H2,1-3H3. The van der Waals surface area contributed by atoms with Crippen LogP contribution in [0.3, 0.4) is 0 Å². The van der Waals surface area contributed by atoms with Crippen LogP contribution in [0.15, 0.2) is 0 Å². The average Bonchev–Trinajstić information content (AvgIpc) is 2.77. The molecule has 1 aliphatic carbocycles. The highest BCUT2D eigenvalue weighted by atomic mass is 16.5. The highest BCUT2D eigenvalue weighted by Gasteiger charge is 2.40. The minimum absolute atomic E-state index is 0.0257. The Morgan fingerprint density at radius 1 is 1.47 bits per heavy atom. The fourth-order valence-electron chi connectivity index (χ4n) is 2.92. The van der Waals surface area contributed by atoms with Crippen LogP contribution in [0.25, 0.3) is 0 Å². The minimum atomic E-state index is -0.0257. The van der Waals surface area contributed by atoms with Gasteiger partial charge in [0, 0.05) is 19.2 Å². The second-order valence-corrected chi connectivity index (χ2v) is 5.24. The first-order valence-electron chi connectivity index (χ1n) is 6.66. The number of hydrogen-bond acceptors (Lipinski definition) is 4. The fourth-order valence-corrected chi connectivity index (χ4v) is 2.92. The first kappa shape index (κ1) is 14.9. The van der Waals surface area contributed by atoms with Crippen molar-refractivity contribution in [3.8, 4) is 0 Å². The summed E-state index contributed by atoms with van der Waals surface area (Å²) in [5.74, 6) is 0.600. The maximum atomic E-state index is 9.60. The van der Waals surface area contributed by atoms with Gasteiger partial charge in [0.25, 0.3) is 0 Å². The summed E-state index contributed by atoms with van der Waals surface area (Å²) in [5.41, 5.74) is -0.0257. The van der Waals surface area contributed by atoms with Gasteiger partial charge in [-0.25, -0.2) is 0 Å². The molecule has 0 heterocycles. The van der Waals surface area contributed by atoms with E-state index in [0.717, 1.165) is 32.5 Å². The molecule has 2 unspecified atom stereocenters. The zero-order chi connectivity index (χ0) is 12.7. The molecule has 2 N–H and O–H groups in total. The van der Waals surface area contributed by atoms with Gasteiger partial charge in [0.15, 0.2) is 0 Å². The molecule has 0 bridgehead atoms. The van der Waals surface area contributed by atoms with E-state index < -0.39 is 0 Å². The van der Waals surface area contributed by atoms with Crippen LogP contribution in [0.5, 0.6) is 0 Å². The van der Waals surface area contributed by atoms with Crippen molar-refractivity contribution in [3.05, 3.63) is 0 Å². The summed E-state index contributed by atoms with van der Waals surface area (Å²) in [4.78, 5) is 2.31. The van der Waals surface area contributed by atoms with Gasteiger partial charge < -0.3 is 20.1 Å². The SMILES string of the molecule is CNC1(CO)CCCC1CCN(C)CCOC. The van der Waals surface area contributed by atoms with E-state index in [2.05, 4.69) is 17.3 Å². The first-order valence-corrected chi connectivity index (χ1v) is 6.66. The topological polar surface area (TPSA) is 44.7 Å². The Balaban J connectivity index is 2.35. The van der Waals surface area contributed by atoms with Crippen molar-refractivity contribution < 1.29 is 9.84 Å². The summed E-state index contributed by atoms with van der Waals surface area (Å²) in [7, 11) is 5.85. The van der Waals surface area contributed by atoms with Crippen molar-refractivity contribution in [1.82, 2.24) is 10.2 Å². The van der Waals surface area contributed by atoms with Gasteiger partial charge in [-0.1, -0.05) is 6.42 Å². The molecule has 0 aromatic carbocycles. The molecule has 2 atom stereocenters. The average molecular weight is 244 g/mol. The predicted molar refractivity (Wildman–Crippen MR) is 70.2 cm³/mol. The van der Waals surface area contributed by atoms with Gasteiger partial charge in [0.1, 0.15) is 0 Å². The van der Waals surface area contributed by atoms with Crippen LogP contribution in [-0.4, -0.2) is 63.1 Å². The van der Waals surface area contributed by atoms with Gasteiger partial charge in [0.05, 0.1) is 13.2 Å². The Morgan fingerprint density at radius 3 is 2.82 bits per heavy atom. The Bertz CT molecular complexity index is 208. The van der Waals surface area contributed by atoms with E-state index in [-0.39, 0.29) is 12.1 Å². The number of ether oxygens (including phenoxy) is 1. The molecule has 4 nitrogen and oxygen atoms in total. The molecule has 0 amide bonds. The number of aliphatic hydroxyl groups excluding tert-OH is 1. The number of likely N-dealkylation sites (N-methyl/N-ethyl adjacent to an activating group) is 2. The third kappa shape index (κ3) is 3.91. The van der Waals surface area contributed by atoms with Crippen molar-refractivity contribution in [3.63, 3.8) is 0 Å². The van der Waals surface area contributed by atoms with E-state index in [4.69, 9.17) is 4.74 Å². The van der Waals surface area contributed by atoms with Gasteiger partial charge in [-0.3, -0.25) is 0 Å². The maximum absolute atomic E-state index is 9.60. The Hall–Kier alpha value is -0.160. The van der Waals surface area contributed by atoms with Gasteiger partial charge in [-0.15, -0.1) is 0 Å². The quantitative estimate of drug-likeness (QED) is 0.660. The fraction of sp³-hybridized carbons (Fsp3) is 1.00. The third-order valence-corrected chi connectivity index (χ3v) is 4.27.